The smallest absolute Gasteiger partial charge is 0.319 e. The van der Waals surface area contributed by atoms with Crippen LogP contribution in [0.1, 0.15) is 19.8 Å². The lowest BCUT2D eigenvalue weighted by molar-refractivity contribution is -0.00346. The van der Waals surface area contributed by atoms with E-state index < -0.39 is 0 Å². The zero-order chi connectivity index (χ0) is 11.1. The Hall–Kier alpha value is -0.770. The van der Waals surface area contributed by atoms with Crippen molar-refractivity contribution in [2.24, 2.45) is 5.41 Å². The molecule has 1 spiro atoms. The van der Waals surface area contributed by atoms with Crippen LogP contribution in [0, 0.1) is 5.41 Å². The Labute approximate surface area is 91.6 Å². The lowest BCUT2D eigenvalue weighted by Crippen LogP contribution is -2.63. The summed E-state index contributed by atoms with van der Waals surface area (Å²) in [7, 11) is 3.81. The van der Waals surface area contributed by atoms with Crippen LogP contribution in [0.4, 0.5) is 4.79 Å². The van der Waals surface area contributed by atoms with Gasteiger partial charge in [-0.05, 0) is 19.4 Å². The molecule has 1 heterocycles. The van der Waals surface area contributed by atoms with Crippen LogP contribution >= 0.6 is 0 Å². The summed E-state index contributed by atoms with van der Waals surface area (Å²) in [5.41, 5.74) is 0.365. The van der Waals surface area contributed by atoms with Crippen LogP contribution in [0.3, 0.4) is 0 Å². The highest BCUT2D eigenvalue weighted by atomic mass is 16.2. The molecule has 2 rings (SSSR count). The molecule has 0 aromatic carbocycles. The van der Waals surface area contributed by atoms with Crippen molar-refractivity contribution in [2.45, 2.75) is 25.8 Å². The van der Waals surface area contributed by atoms with E-state index in [9.17, 15) is 4.79 Å². The minimum Gasteiger partial charge on any atom is -0.327 e. The molecule has 2 fully saturated rings. The number of nitrogens with one attached hydrogen (secondary N) is 1. The topological polar surface area (TPSA) is 35.6 Å². The van der Waals surface area contributed by atoms with Crippen molar-refractivity contribution >= 4 is 6.03 Å². The van der Waals surface area contributed by atoms with Gasteiger partial charge in [0.05, 0.1) is 0 Å². The summed E-state index contributed by atoms with van der Waals surface area (Å²) in [6.45, 7) is 5.05. The molecule has 0 unspecified atom stereocenters. The van der Waals surface area contributed by atoms with E-state index in [0.717, 1.165) is 19.6 Å². The van der Waals surface area contributed by atoms with Gasteiger partial charge in [-0.15, -0.1) is 0 Å². The molecule has 15 heavy (non-hydrogen) atoms. The lowest BCUT2D eigenvalue weighted by Gasteiger charge is -2.54. The van der Waals surface area contributed by atoms with Gasteiger partial charge in [0.25, 0.3) is 0 Å². The van der Waals surface area contributed by atoms with Gasteiger partial charge in [0, 0.05) is 38.6 Å². The number of carbonyl (C=O) groups is 1. The first-order chi connectivity index (χ1) is 7.06. The van der Waals surface area contributed by atoms with Crippen molar-refractivity contribution in [3.8, 4) is 0 Å². The third kappa shape index (κ3) is 1.83. The average molecular weight is 211 g/mol. The maximum Gasteiger partial charge on any atom is 0.319 e. The van der Waals surface area contributed by atoms with E-state index in [0.29, 0.717) is 11.5 Å². The zero-order valence-electron chi connectivity index (χ0n) is 9.92. The number of hydrogen-bond acceptors (Lipinski definition) is 2. The second kappa shape index (κ2) is 3.67. The predicted molar refractivity (Wildman–Crippen MR) is 59.8 cm³/mol. The van der Waals surface area contributed by atoms with Gasteiger partial charge in [-0.25, -0.2) is 4.79 Å². The Morgan fingerprint density at radius 2 is 1.87 bits per heavy atom. The van der Waals surface area contributed by atoms with E-state index in [1.807, 2.05) is 23.9 Å². The summed E-state index contributed by atoms with van der Waals surface area (Å²) in [5.74, 6) is 0. The summed E-state index contributed by atoms with van der Waals surface area (Å²) in [4.78, 5) is 15.3. The Morgan fingerprint density at radius 3 is 2.33 bits per heavy atom. The summed E-state index contributed by atoms with van der Waals surface area (Å²) < 4.78 is 0. The zero-order valence-corrected chi connectivity index (χ0v) is 9.92. The first-order valence-electron chi connectivity index (χ1n) is 5.76. The minimum atomic E-state index is 0.160. The fourth-order valence-electron chi connectivity index (χ4n) is 3.16. The highest BCUT2D eigenvalue weighted by Gasteiger charge is 2.49. The normalized spacial score (nSPS) is 25.9. The average Bonchev–Trinajstić information content (AvgIpc) is 2.12. The van der Waals surface area contributed by atoms with E-state index in [2.05, 4.69) is 12.2 Å². The number of nitrogens with zero attached hydrogens (tertiary/aromatic N) is 2. The molecule has 1 N–H and O–H groups in total. The Balaban J connectivity index is 1.93. The fourth-order valence-corrected chi connectivity index (χ4v) is 3.16. The third-order valence-electron chi connectivity index (χ3n) is 3.65. The summed E-state index contributed by atoms with van der Waals surface area (Å²) in [6.07, 6.45) is 2.42. The van der Waals surface area contributed by atoms with E-state index in [-0.39, 0.29) is 6.03 Å². The molecule has 2 amide bonds. The molecule has 0 aromatic heterocycles. The fraction of sp³-hybridized carbons (Fsp3) is 0.909. The van der Waals surface area contributed by atoms with Crippen molar-refractivity contribution in [3.63, 3.8) is 0 Å². The van der Waals surface area contributed by atoms with Gasteiger partial charge in [-0.3, -0.25) is 0 Å². The minimum absolute atomic E-state index is 0.160. The number of carbonyl (C=O) groups excluding carboxylic acids is 1. The van der Waals surface area contributed by atoms with E-state index in [1.54, 1.807) is 0 Å². The standard InChI is InChI=1S/C11H21N3O/c1-4-12-9-5-11(6-9)7-13(2)10(15)14(3)8-11/h9,12H,4-8H2,1-3H3. The molecular weight excluding hydrogens is 190 g/mol. The van der Waals surface area contributed by atoms with Crippen LogP contribution in [0.5, 0.6) is 0 Å². The first kappa shape index (κ1) is 10.7. The Bertz CT molecular complexity index is 245. The molecule has 0 bridgehead atoms. The Kier molecular flexibility index (Phi) is 2.63. The number of rotatable bonds is 2. The third-order valence-corrected chi connectivity index (χ3v) is 3.65. The molecule has 1 saturated carbocycles. The van der Waals surface area contributed by atoms with Gasteiger partial charge in [0.1, 0.15) is 0 Å². The van der Waals surface area contributed by atoms with E-state index in [1.165, 1.54) is 12.8 Å². The Morgan fingerprint density at radius 1 is 1.33 bits per heavy atom. The van der Waals surface area contributed by atoms with Crippen LogP contribution in [0.25, 0.3) is 0 Å². The predicted octanol–water partition coefficient (Wildman–Crippen LogP) is 0.742. The molecule has 1 saturated heterocycles. The van der Waals surface area contributed by atoms with Crippen LogP contribution < -0.4 is 5.32 Å². The van der Waals surface area contributed by atoms with Crippen molar-refractivity contribution < 1.29 is 4.79 Å². The summed E-state index contributed by atoms with van der Waals surface area (Å²) in [5, 5.41) is 3.47. The number of amides is 2. The highest BCUT2D eigenvalue weighted by molar-refractivity contribution is 5.75. The van der Waals surface area contributed by atoms with Gasteiger partial charge in [-0.2, -0.15) is 0 Å². The monoisotopic (exact) mass is 211 g/mol. The molecule has 0 radical (unpaired) electrons. The molecule has 86 valence electrons. The van der Waals surface area contributed by atoms with Crippen molar-refractivity contribution in [2.75, 3.05) is 33.7 Å². The van der Waals surface area contributed by atoms with Crippen LogP contribution in [0.15, 0.2) is 0 Å². The van der Waals surface area contributed by atoms with Crippen LogP contribution in [-0.2, 0) is 0 Å². The number of urea groups is 1. The number of hydrogen-bond donors (Lipinski definition) is 1. The van der Waals surface area contributed by atoms with Crippen LogP contribution in [0.2, 0.25) is 0 Å². The molecular formula is C11H21N3O. The van der Waals surface area contributed by atoms with Gasteiger partial charge >= 0.3 is 6.03 Å². The molecule has 4 heteroatoms. The summed E-state index contributed by atoms with van der Waals surface area (Å²) >= 11 is 0. The molecule has 0 atom stereocenters. The molecule has 1 aliphatic heterocycles. The maximum atomic E-state index is 11.6. The highest BCUT2D eigenvalue weighted by Crippen LogP contribution is 2.44. The second-order valence-electron chi connectivity index (χ2n) is 5.16. The van der Waals surface area contributed by atoms with Gasteiger partial charge < -0.3 is 15.1 Å². The molecule has 2 aliphatic rings. The van der Waals surface area contributed by atoms with E-state index in [4.69, 9.17) is 0 Å². The van der Waals surface area contributed by atoms with Gasteiger partial charge in [0.15, 0.2) is 0 Å². The maximum absolute atomic E-state index is 11.6. The first-order valence-corrected chi connectivity index (χ1v) is 5.76. The quantitative estimate of drug-likeness (QED) is 0.731. The van der Waals surface area contributed by atoms with Crippen molar-refractivity contribution in [1.29, 1.82) is 0 Å². The van der Waals surface area contributed by atoms with Crippen molar-refractivity contribution in [1.82, 2.24) is 15.1 Å². The van der Waals surface area contributed by atoms with E-state index >= 15 is 0 Å². The summed E-state index contributed by atoms with van der Waals surface area (Å²) in [6, 6.07) is 0.831. The van der Waals surface area contributed by atoms with Crippen LogP contribution in [-0.4, -0.2) is 55.6 Å². The second-order valence-corrected chi connectivity index (χ2v) is 5.16. The largest absolute Gasteiger partial charge is 0.327 e. The molecule has 4 nitrogen and oxygen atoms in total. The SMILES string of the molecule is CCNC1CC2(C1)CN(C)C(=O)N(C)C2. The molecule has 1 aliphatic carbocycles. The van der Waals surface area contributed by atoms with Crippen molar-refractivity contribution in [3.05, 3.63) is 0 Å². The molecule has 0 aromatic rings. The lowest BCUT2D eigenvalue weighted by atomic mass is 9.64. The van der Waals surface area contributed by atoms with Gasteiger partial charge in [0.2, 0.25) is 0 Å². The van der Waals surface area contributed by atoms with Gasteiger partial charge in [-0.1, -0.05) is 6.92 Å².